The highest BCUT2D eigenvalue weighted by atomic mass is 32.2. The van der Waals surface area contributed by atoms with Crippen molar-refractivity contribution in [2.24, 2.45) is 5.73 Å². The van der Waals surface area contributed by atoms with Gasteiger partial charge in [0.1, 0.15) is 16.5 Å². The lowest BCUT2D eigenvalue weighted by atomic mass is 10.1. The van der Waals surface area contributed by atoms with E-state index < -0.39 is 39.2 Å². The van der Waals surface area contributed by atoms with Gasteiger partial charge in [0, 0.05) is 12.1 Å². The summed E-state index contributed by atoms with van der Waals surface area (Å²) >= 11 is 4.72. The summed E-state index contributed by atoms with van der Waals surface area (Å²) in [4.78, 5) is 11.9. The van der Waals surface area contributed by atoms with Crippen LogP contribution in [0.2, 0.25) is 0 Å². The van der Waals surface area contributed by atoms with E-state index in [-0.39, 0.29) is 27.5 Å². The topological polar surface area (TPSA) is 112 Å². The molecular formula is C13H13F4N5O3S2. The molecular weight excluding hydrogens is 414 g/mol. The fourth-order valence-corrected chi connectivity index (χ4v) is 3.00. The molecule has 1 aromatic carbocycles. The van der Waals surface area contributed by atoms with E-state index >= 15 is 0 Å². The van der Waals surface area contributed by atoms with Gasteiger partial charge in [0.25, 0.3) is 0 Å². The standard InChI is InChI=1S/C13H13F4N5O3S2/c1-3-21-11(13(15,16)17)19-22(12(21)23)9-5-8(20-27(2,24)25)6(10(18)26)4-7(9)14/h4-5,20H,3H2,1-2H3,(H2,18,26). The van der Waals surface area contributed by atoms with Gasteiger partial charge in [-0.2, -0.15) is 17.9 Å². The summed E-state index contributed by atoms with van der Waals surface area (Å²) in [6.45, 7) is 0.917. The Labute approximate surface area is 155 Å². The maximum absolute atomic E-state index is 14.4. The highest BCUT2D eigenvalue weighted by Crippen LogP contribution is 2.28. The smallest absolute Gasteiger partial charge is 0.389 e. The number of alkyl halides is 3. The number of thiocarbonyl (C=S) groups is 1. The first-order chi connectivity index (χ1) is 12.3. The van der Waals surface area contributed by atoms with Crippen LogP contribution in [0.3, 0.4) is 0 Å². The molecule has 2 aromatic rings. The number of benzene rings is 1. The molecule has 0 aliphatic rings. The number of nitrogens with one attached hydrogen (secondary N) is 1. The van der Waals surface area contributed by atoms with Crippen LogP contribution in [-0.2, 0) is 22.7 Å². The van der Waals surface area contributed by atoms with Gasteiger partial charge < -0.3 is 5.73 Å². The zero-order valence-electron chi connectivity index (χ0n) is 13.8. The number of hydrogen-bond donors (Lipinski definition) is 2. The molecule has 148 valence electrons. The monoisotopic (exact) mass is 427 g/mol. The SMILES string of the molecule is CCn1c(C(F)(F)F)nn(-c2cc(NS(C)(=O)=O)c(C(N)=S)cc2F)c1=O. The molecule has 0 aliphatic heterocycles. The van der Waals surface area contributed by atoms with Gasteiger partial charge in [0.15, 0.2) is 0 Å². The minimum Gasteiger partial charge on any atom is -0.389 e. The molecule has 0 atom stereocenters. The van der Waals surface area contributed by atoms with E-state index in [9.17, 15) is 30.8 Å². The van der Waals surface area contributed by atoms with E-state index in [1.807, 2.05) is 4.72 Å². The van der Waals surface area contributed by atoms with Crippen LogP contribution in [0.1, 0.15) is 18.3 Å². The Morgan fingerprint density at radius 3 is 2.37 bits per heavy atom. The number of nitrogens with zero attached hydrogens (tertiary/aromatic N) is 3. The molecule has 0 aliphatic carbocycles. The summed E-state index contributed by atoms with van der Waals surface area (Å²) in [5, 5.41) is 3.16. The molecule has 0 bridgehead atoms. The highest BCUT2D eigenvalue weighted by molar-refractivity contribution is 7.92. The summed E-state index contributed by atoms with van der Waals surface area (Å²) in [6, 6.07) is 1.50. The molecule has 0 radical (unpaired) electrons. The summed E-state index contributed by atoms with van der Waals surface area (Å²) in [5.41, 5.74) is 2.94. The number of nitrogens with two attached hydrogens (primary N) is 1. The normalized spacial score (nSPS) is 12.2. The number of sulfonamides is 1. The first-order valence-electron chi connectivity index (χ1n) is 7.14. The lowest BCUT2D eigenvalue weighted by Crippen LogP contribution is -2.26. The molecule has 0 amide bonds. The Kier molecular flexibility index (Phi) is 5.34. The van der Waals surface area contributed by atoms with E-state index in [4.69, 9.17) is 18.0 Å². The van der Waals surface area contributed by atoms with Crippen molar-refractivity contribution in [3.8, 4) is 5.69 Å². The molecule has 14 heteroatoms. The van der Waals surface area contributed by atoms with Gasteiger partial charge in [-0.05, 0) is 19.1 Å². The second-order valence-electron chi connectivity index (χ2n) is 5.35. The Bertz CT molecular complexity index is 1070. The molecule has 0 spiro atoms. The third-order valence-electron chi connectivity index (χ3n) is 3.31. The van der Waals surface area contributed by atoms with Crippen LogP contribution in [0, 0.1) is 5.82 Å². The van der Waals surface area contributed by atoms with E-state index in [1.165, 1.54) is 6.92 Å². The van der Waals surface area contributed by atoms with Crippen LogP contribution in [0.25, 0.3) is 5.69 Å². The first-order valence-corrected chi connectivity index (χ1v) is 9.44. The molecule has 8 nitrogen and oxygen atoms in total. The van der Waals surface area contributed by atoms with Gasteiger partial charge in [-0.25, -0.2) is 17.6 Å². The van der Waals surface area contributed by atoms with Crippen molar-refractivity contribution in [2.75, 3.05) is 11.0 Å². The van der Waals surface area contributed by atoms with Gasteiger partial charge in [0.2, 0.25) is 15.8 Å². The van der Waals surface area contributed by atoms with Crippen molar-refractivity contribution in [3.05, 3.63) is 39.8 Å². The molecule has 0 unspecified atom stereocenters. The summed E-state index contributed by atoms with van der Waals surface area (Å²) in [7, 11) is -3.87. The van der Waals surface area contributed by atoms with Crippen LogP contribution >= 0.6 is 12.2 Å². The van der Waals surface area contributed by atoms with Crippen molar-refractivity contribution in [3.63, 3.8) is 0 Å². The van der Waals surface area contributed by atoms with Gasteiger partial charge in [-0.1, -0.05) is 12.2 Å². The van der Waals surface area contributed by atoms with Gasteiger partial charge >= 0.3 is 11.9 Å². The van der Waals surface area contributed by atoms with Gasteiger partial charge in [-0.15, -0.1) is 5.10 Å². The Hall–Kier alpha value is -2.48. The van der Waals surface area contributed by atoms with Gasteiger partial charge in [-0.3, -0.25) is 9.29 Å². The average molecular weight is 427 g/mol. The number of rotatable bonds is 5. The number of aromatic nitrogens is 3. The fourth-order valence-electron chi connectivity index (χ4n) is 2.26. The molecule has 0 saturated heterocycles. The minimum absolute atomic E-state index is 0.193. The highest BCUT2D eigenvalue weighted by Gasteiger charge is 2.39. The molecule has 1 heterocycles. The van der Waals surface area contributed by atoms with E-state index in [0.29, 0.717) is 10.6 Å². The Morgan fingerprint density at radius 1 is 1.37 bits per heavy atom. The van der Waals surface area contributed by atoms with E-state index in [2.05, 4.69) is 5.10 Å². The maximum atomic E-state index is 14.4. The third-order valence-corrected chi connectivity index (χ3v) is 4.12. The zero-order valence-corrected chi connectivity index (χ0v) is 15.5. The van der Waals surface area contributed by atoms with E-state index in [0.717, 1.165) is 12.3 Å². The third kappa shape index (κ3) is 4.27. The first kappa shape index (κ1) is 20.8. The van der Waals surface area contributed by atoms with Gasteiger partial charge in [0.05, 0.1) is 11.9 Å². The Balaban J connectivity index is 2.80. The largest absolute Gasteiger partial charge is 0.451 e. The second kappa shape index (κ2) is 6.92. The molecule has 3 N–H and O–H groups in total. The van der Waals surface area contributed by atoms with Crippen LogP contribution in [0.4, 0.5) is 23.2 Å². The van der Waals surface area contributed by atoms with Crippen molar-refractivity contribution in [1.82, 2.24) is 14.3 Å². The van der Waals surface area contributed by atoms with Crippen molar-refractivity contribution in [2.45, 2.75) is 19.6 Å². The molecule has 27 heavy (non-hydrogen) atoms. The van der Waals surface area contributed by atoms with Crippen molar-refractivity contribution >= 4 is 32.9 Å². The van der Waals surface area contributed by atoms with Crippen LogP contribution in [-0.4, -0.2) is 34.0 Å². The molecule has 0 saturated carbocycles. The fraction of sp³-hybridized carbons (Fsp3) is 0.308. The maximum Gasteiger partial charge on any atom is 0.451 e. The summed E-state index contributed by atoms with van der Waals surface area (Å²) in [5.74, 6) is -2.70. The molecule has 2 rings (SSSR count). The number of anilines is 1. The average Bonchev–Trinajstić information content (AvgIpc) is 2.83. The van der Waals surface area contributed by atoms with Crippen molar-refractivity contribution < 1.29 is 26.0 Å². The quantitative estimate of drug-likeness (QED) is 0.548. The van der Waals surface area contributed by atoms with E-state index in [1.54, 1.807) is 0 Å². The predicted octanol–water partition coefficient (Wildman–Crippen LogP) is 1.22. The van der Waals surface area contributed by atoms with Crippen LogP contribution < -0.4 is 16.1 Å². The summed E-state index contributed by atoms with van der Waals surface area (Å²) < 4.78 is 79.1. The summed E-state index contributed by atoms with van der Waals surface area (Å²) in [6.07, 6.45) is -4.16. The van der Waals surface area contributed by atoms with Crippen molar-refractivity contribution in [1.29, 1.82) is 0 Å². The number of halogens is 4. The second-order valence-corrected chi connectivity index (χ2v) is 7.54. The minimum atomic E-state index is -4.95. The molecule has 1 aromatic heterocycles. The number of hydrogen-bond acceptors (Lipinski definition) is 5. The Morgan fingerprint density at radius 2 is 1.96 bits per heavy atom. The zero-order chi connectivity index (χ0) is 20.7. The van der Waals surface area contributed by atoms with Crippen LogP contribution in [0.15, 0.2) is 16.9 Å². The predicted molar refractivity (Wildman–Crippen MR) is 92.8 cm³/mol. The van der Waals surface area contributed by atoms with Crippen LogP contribution in [0.5, 0.6) is 0 Å². The molecule has 0 fully saturated rings. The lowest BCUT2D eigenvalue weighted by molar-refractivity contribution is -0.147. The lowest BCUT2D eigenvalue weighted by Gasteiger charge is -2.12.